The summed E-state index contributed by atoms with van der Waals surface area (Å²) in [5, 5.41) is 0. The molecule has 238 valence electrons. The molecule has 8 heteroatoms. The minimum atomic E-state index is -0.440. The molecule has 5 aromatic carbocycles. The number of para-hydroxylation sites is 2. The number of aryl methyl sites for hydroxylation is 4. The van der Waals surface area contributed by atoms with Crippen LogP contribution in [0.3, 0.4) is 0 Å². The van der Waals surface area contributed by atoms with E-state index in [0.29, 0.717) is 5.56 Å². The van der Waals surface area contributed by atoms with E-state index in [0.717, 1.165) is 44.8 Å². The number of nitrogens with two attached hydrogens (primary N) is 1. The molecule has 0 unspecified atom stereocenters. The SMILES string of the molecule is Cc1ccc2ncn(-c3ccccc3)c2c1.Cc1ccc2ncn(-c3ccccc3C(N)=O)c2c1.Cc1cccc(-c2nccn2C)c1. The Labute approximate surface area is 279 Å². The number of fused-ring (bicyclic) bond motifs is 2. The first kappa shape index (κ1) is 31.7. The molecule has 0 atom stereocenters. The lowest BCUT2D eigenvalue weighted by molar-refractivity contribution is 0.100. The highest BCUT2D eigenvalue weighted by molar-refractivity contribution is 5.97. The predicted molar refractivity (Wildman–Crippen MR) is 194 cm³/mol. The van der Waals surface area contributed by atoms with Crippen molar-refractivity contribution >= 4 is 28.0 Å². The monoisotopic (exact) mass is 631 g/mol. The molecule has 1 amide bonds. The van der Waals surface area contributed by atoms with Crippen LogP contribution in [0, 0.1) is 20.8 Å². The van der Waals surface area contributed by atoms with Gasteiger partial charge in [-0.2, -0.15) is 0 Å². The van der Waals surface area contributed by atoms with E-state index in [1.54, 1.807) is 18.5 Å². The van der Waals surface area contributed by atoms with Crippen molar-refractivity contribution in [3.63, 3.8) is 0 Å². The molecule has 0 fully saturated rings. The van der Waals surface area contributed by atoms with E-state index in [4.69, 9.17) is 5.73 Å². The van der Waals surface area contributed by atoms with Gasteiger partial charge in [0.1, 0.15) is 18.5 Å². The van der Waals surface area contributed by atoms with Gasteiger partial charge in [-0.25, -0.2) is 15.0 Å². The number of primary amides is 1. The second-order valence-electron chi connectivity index (χ2n) is 11.7. The van der Waals surface area contributed by atoms with Crippen molar-refractivity contribution < 1.29 is 4.79 Å². The first-order valence-corrected chi connectivity index (χ1v) is 15.6. The summed E-state index contributed by atoms with van der Waals surface area (Å²) in [7, 11) is 2.00. The highest BCUT2D eigenvalue weighted by Gasteiger charge is 2.12. The highest BCUT2D eigenvalue weighted by Crippen LogP contribution is 2.22. The number of rotatable bonds is 4. The van der Waals surface area contributed by atoms with Gasteiger partial charge in [-0.1, -0.05) is 66.2 Å². The van der Waals surface area contributed by atoms with Gasteiger partial charge < -0.3 is 10.3 Å². The molecule has 0 aliphatic rings. The fourth-order valence-electron chi connectivity index (χ4n) is 5.54. The number of aromatic nitrogens is 6. The number of carbonyl (C=O) groups is 1. The number of imidazole rings is 3. The Balaban J connectivity index is 0.000000128. The summed E-state index contributed by atoms with van der Waals surface area (Å²) in [6, 6.07) is 38.2. The van der Waals surface area contributed by atoms with Gasteiger partial charge >= 0.3 is 0 Å². The molecule has 8 rings (SSSR count). The van der Waals surface area contributed by atoms with Crippen LogP contribution in [0.5, 0.6) is 0 Å². The summed E-state index contributed by atoms with van der Waals surface area (Å²) in [5.74, 6) is 0.578. The van der Waals surface area contributed by atoms with Gasteiger partial charge in [-0.05, 0) is 86.5 Å². The molecule has 0 bridgehead atoms. The van der Waals surface area contributed by atoms with E-state index < -0.39 is 5.91 Å². The number of hydrogen-bond donors (Lipinski definition) is 1. The summed E-state index contributed by atoms with van der Waals surface area (Å²) in [4.78, 5) is 24.5. The van der Waals surface area contributed by atoms with E-state index in [-0.39, 0.29) is 0 Å². The lowest BCUT2D eigenvalue weighted by Gasteiger charge is -2.08. The quantitative estimate of drug-likeness (QED) is 0.212. The van der Waals surface area contributed by atoms with E-state index in [2.05, 4.69) is 88.0 Å². The number of carbonyl (C=O) groups excluding carboxylic acids is 1. The Morgan fingerprint density at radius 3 is 1.85 bits per heavy atom. The van der Waals surface area contributed by atoms with Crippen molar-refractivity contribution in [3.8, 4) is 22.8 Å². The standard InChI is InChI=1S/C15H13N3O.C14H12N2.C11H12N2/c1-10-6-7-12-14(8-10)18(9-17-12)13-5-3-2-4-11(13)15(16)19;1-11-7-8-13-14(9-11)16(10-15-13)12-5-3-2-4-6-12;1-9-4-3-5-10(8-9)11-12-6-7-13(11)2/h2-9H,1H3,(H2,16,19);2-10H,1H3;3-8H,1-2H3. The Morgan fingerprint density at radius 1 is 0.625 bits per heavy atom. The topological polar surface area (TPSA) is 96.5 Å². The van der Waals surface area contributed by atoms with Crippen molar-refractivity contribution in [1.29, 1.82) is 0 Å². The molecule has 48 heavy (non-hydrogen) atoms. The maximum absolute atomic E-state index is 11.5. The normalized spacial score (nSPS) is 10.7. The summed E-state index contributed by atoms with van der Waals surface area (Å²) in [6.07, 6.45) is 7.36. The van der Waals surface area contributed by atoms with Crippen molar-refractivity contribution in [2.75, 3.05) is 0 Å². The average Bonchev–Trinajstić information content (AvgIpc) is 3.83. The largest absolute Gasteiger partial charge is 0.366 e. The second-order valence-corrected chi connectivity index (χ2v) is 11.7. The lowest BCUT2D eigenvalue weighted by atomic mass is 10.1. The van der Waals surface area contributed by atoms with Crippen molar-refractivity contribution in [2.24, 2.45) is 12.8 Å². The van der Waals surface area contributed by atoms with E-state index >= 15 is 0 Å². The summed E-state index contributed by atoms with van der Waals surface area (Å²) >= 11 is 0. The Hall–Kier alpha value is -6.28. The van der Waals surface area contributed by atoms with Gasteiger partial charge in [0.2, 0.25) is 0 Å². The molecule has 8 nitrogen and oxygen atoms in total. The molecule has 0 aliphatic heterocycles. The minimum Gasteiger partial charge on any atom is -0.366 e. The van der Waals surface area contributed by atoms with Gasteiger partial charge in [-0.15, -0.1) is 0 Å². The molecule has 0 saturated carbocycles. The van der Waals surface area contributed by atoms with Gasteiger partial charge in [-0.3, -0.25) is 13.9 Å². The third kappa shape index (κ3) is 6.93. The number of nitrogens with zero attached hydrogens (tertiary/aromatic N) is 6. The summed E-state index contributed by atoms with van der Waals surface area (Å²) in [6.45, 7) is 6.21. The molecule has 3 aromatic heterocycles. The molecule has 0 aliphatic carbocycles. The number of benzene rings is 5. The number of amides is 1. The molecule has 8 aromatic rings. The maximum Gasteiger partial charge on any atom is 0.250 e. The van der Waals surface area contributed by atoms with Crippen LogP contribution in [0.25, 0.3) is 44.8 Å². The molecule has 0 spiro atoms. The Kier molecular flexibility index (Phi) is 9.25. The molecule has 0 saturated heterocycles. The van der Waals surface area contributed by atoms with Crippen LogP contribution in [0.15, 0.2) is 140 Å². The fraction of sp³-hybridized carbons (Fsp3) is 0.100. The molecule has 2 N–H and O–H groups in total. The zero-order valence-corrected chi connectivity index (χ0v) is 27.4. The average molecular weight is 632 g/mol. The van der Waals surface area contributed by atoms with E-state index in [1.807, 2.05) is 90.4 Å². The first-order valence-electron chi connectivity index (χ1n) is 15.6. The van der Waals surface area contributed by atoms with Crippen molar-refractivity contribution in [2.45, 2.75) is 20.8 Å². The zero-order valence-electron chi connectivity index (χ0n) is 27.4. The van der Waals surface area contributed by atoms with Crippen LogP contribution in [-0.4, -0.2) is 34.6 Å². The maximum atomic E-state index is 11.5. The van der Waals surface area contributed by atoms with Crippen LogP contribution in [0.1, 0.15) is 27.0 Å². The second kappa shape index (κ2) is 14.0. The third-order valence-corrected chi connectivity index (χ3v) is 7.97. The van der Waals surface area contributed by atoms with Gasteiger partial charge in [0.15, 0.2) is 0 Å². The molecule has 3 heterocycles. The van der Waals surface area contributed by atoms with Crippen LogP contribution >= 0.6 is 0 Å². The smallest absolute Gasteiger partial charge is 0.250 e. The Bertz CT molecular complexity index is 2330. The molecule has 0 radical (unpaired) electrons. The third-order valence-electron chi connectivity index (χ3n) is 7.97. The first-order chi connectivity index (χ1) is 23.3. The van der Waals surface area contributed by atoms with Crippen molar-refractivity contribution in [1.82, 2.24) is 28.7 Å². The van der Waals surface area contributed by atoms with Gasteiger partial charge in [0.05, 0.1) is 33.3 Å². The highest BCUT2D eigenvalue weighted by atomic mass is 16.1. The van der Waals surface area contributed by atoms with Crippen molar-refractivity contribution in [3.05, 3.63) is 163 Å². The van der Waals surface area contributed by atoms with E-state index in [1.165, 1.54) is 16.7 Å². The van der Waals surface area contributed by atoms with Crippen LogP contribution in [0.2, 0.25) is 0 Å². The van der Waals surface area contributed by atoms with Crippen LogP contribution < -0.4 is 5.73 Å². The lowest BCUT2D eigenvalue weighted by Crippen LogP contribution is -2.14. The van der Waals surface area contributed by atoms with E-state index in [9.17, 15) is 4.79 Å². The summed E-state index contributed by atoms with van der Waals surface area (Å²) in [5.41, 5.74) is 16.7. The summed E-state index contributed by atoms with van der Waals surface area (Å²) < 4.78 is 6.03. The predicted octanol–water partition coefficient (Wildman–Crippen LogP) is 8.16. The van der Waals surface area contributed by atoms with Crippen LogP contribution in [0.4, 0.5) is 0 Å². The fourth-order valence-corrected chi connectivity index (χ4v) is 5.54. The number of hydrogen-bond acceptors (Lipinski definition) is 4. The molecular formula is C40H37N7O. The zero-order chi connectivity index (χ0) is 33.6. The van der Waals surface area contributed by atoms with Crippen LogP contribution in [-0.2, 0) is 7.05 Å². The Morgan fingerprint density at radius 2 is 1.23 bits per heavy atom. The minimum absolute atomic E-state index is 0.440. The molecular weight excluding hydrogens is 594 g/mol. The van der Waals surface area contributed by atoms with Gasteiger partial charge in [0.25, 0.3) is 5.91 Å². The van der Waals surface area contributed by atoms with Gasteiger partial charge in [0, 0.05) is 30.7 Å².